The van der Waals surface area contributed by atoms with Gasteiger partial charge >= 0.3 is 0 Å². The summed E-state index contributed by atoms with van der Waals surface area (Å²) in [6.07, 6.45) is 3.18. The van der Waals surface area contributed by atoms with E-state index in [1.807, 2.05) is 61.3 Å². The highest BCUT2D eigenvalue weighted by atomic mass is 16.5. The molecule has 1 saturated heterocycles. The van der Waals surface area contributed by atoms with Crippen molar-refractivity contribution < 1.29 is 14.3 Å². The molecule has 1 aliphatic heterocycles. The molecule has 0 bridgehead atoms. The summed E-state index contributed by atoms with van der Waals surface area (Å²) in [5, 5.41) is 0. The van der Waals surface area contributed by atoms with Crippen LogP contribution in [0.3, 0.4) is 0 Å². The van der Waals surface area contributed by atoms with Gasteiger partial charge in [0.25, 0.3) is 5.91 Å². The van der Waals surface area contributed by atoms with E-state index in [2.05, 4.69) is 16.0 Å². The lowest BCUT2D eigenvalue weighted by molar-refractivity contribution is -0.139. The number of nitrogens with zero attached hydrogens (tertiary/aromatic N) is 2. The van der Waals surface area contributed by atoms with Crippen LogP contribution in [0.5, 0.6) is 11.5 Å². The van der Waals surface area contributed by atoms with Crippen molar-refractivity contribution in [3.05, 3.63) is 54.4 Å². The van der Waals surface area contributed by atoms with Crippen molar-refractivity contribution in [2.45, 2.75) is 38.7 Å². The van der Waals surface area contributed by atoms with Crippen molar-refractivity contribution in [2.24, 2.45) is 0 Å². The molecule has 0 spiro atoms. The molecule has 6 heteroatoms. The topological polar surface area (TPSA) is 67.5 Å². The first-order chi connectivity index (χ1) is 14.1. The van der Waals surface area contributed by atoms with Crippen LogP contribution in [0.1, 0.15) is 38.3 Å². The Hall–Kier alpha value is -3.02. The number of aromatic amines is 1. The number of likely N-dealkylation sites (tertiary alicyclic amines) is 1. The first-order valence-electron chi connectivity index (χ1n) is 10.3. The fourth-order valence-corrected chi connectivity index (χ4v) is 3.90. The third-order valence-electron chi connectivity index (χ3n) is 5.45. The number of benzene rings is 1. The minimum atomic E-state index is -0.512. The number of hydrogen-bond donors (Lipinski definition) is 1. The third kappa shape index (κ3) is 4.36. The Morgan fingerprint density at radius 1 is 1.21 bits per heavy atom. The number of ether oxygens (including phenoxy) is 2. The number of hydrogen-bond acceptors (Lipinski definition) is 4. The first kappa shape index (κ1) is 19.3. The van der Waals surface area contributed by atoms with Crippen LogP contribution in [0.4, 0.5) is 0 Å². The molecule has 1 fully saturated rings. The average molecular weight is 393 g/mol. The van der Waals surface area contributed by atoms with Crippen molar-refractivity contribution in [3.8, 4) is 11.5 Å². The molecule has 152 valence electrons. The molecule has 2 aromatic heterocycles. The van der Waals surface area contributed by atoms with Gasteiger partial charge in [0.1, 0.15) is 11.5 Å². The molecule has 1 aromatic carbocycles. The van der Waals surface area contributed by atoms with E-state index in [-0.39, 0.29) is 5.91 Å². The van der Waals surface area contributed by atoms with Crippen LogP contribution in [-0.2, 0) is 4.79 Å². The second kappa shape index (κ2) is 8.55. The Morgan fingerprint density at radius 3 is 2.62 bits per heavy atom. The summed E-state index contributed by atoms with van der Waals surface area (Å²) in [5.74, 6) is 1.94. The summed E-state index contributed by atoms with van der Waals surface area (Å²) in [6.45, 7) is 5.87. The molecule has 1 atom stereocenters. The lowest BCUT2D eigenvalue weighted by Gasteiger charge is -2.33. The minimum absolute atomic E-state index is 0.0376. The monoisotopic (exact) mass is 393 g/mol. The van der Waals surface area contributed by atoms with Gasteiger partial charge in [-0.25, -0.2) is 0 Å². The number of carbonyl (C=O) groups is 1. The third-order valence-corrected chi connectivity index (χ3v) is 5.45. The average Bonchev–Trinajstić information content (AvgIpc) is 3.19. The lowest BCUT2D eigenvalue weighted by atomic mass is 9.93. The fraction of sp³-hybridized carbons (Fsp3) is 0.391. The number of aromatic nitrogens is 2. The zero-order chi connectivity index (χ0) is 20.2. The molecule has 0 saturated carbocycles. The number of piperidine rings is 1. The number of nitrogens with one attached hydrogen (secondary N) is 1. The van der Waals surface area contributed by atoms with Crippen molar-refractivity contribution in [1.29, 1.82) is 0 Å². The predicted molar refractivity (Wildman–Crippen MR) is 112 cm³/mol. The highest BCUT2D eigenvalue weighted by Crippen LogP contribution is 2.30. The van der Waals surface area contributed by atoms with Gasteiger partial charge in [0.2, 0.25) is 0 Å². The van der Waals surface area contributed by atoms with E-state index >= 15 is 0 Å². The van der Waals surface area contributed by atoms with Crippen LogP contribution in [0.2, 0.25) is 0 Å². The number of fused-ring (bicyclic) bond motifs is 1. The summed E-state index contributed by atoms with van der Waals surface area (Å²) in [4.78, 5) is 22.6. The normalized spacial score (nSPS) is 16.0. The van der Waals surface area contributed by atoms with Gasteiger partial charge in [0.05, 0.1) is 17.6 Å². The summed E-state index contributed by atoms with van der Waals surface area (Å²) < 4.78 is 11.3. The van der Waals surface area contributed by atoms with Gasteiger partial charge in [-0.3, -0.25) is 9.78 Å². The lowest BCUT2D eigenvalue weighted by Crippen LogP contribution is -2.44. The van der Waals surface area contributed by atoms with Crippen LogP contribution in [0.25, 0.3) is 11.0 Å². The second-order valence-corrected chi connectivity index (χ2v) is 7.42. The van der Waals surface area contributed by atoms with Crippen molar-refractivity contribution in [3.63, 3.8) is 0 Å². The van der Waals surface area contributed by atoms with Gasteiger partial charge in [0, 0.05) is 30.9 Å². The highest BCUT2D eigenvalue weighted by molar-refractivity contribution is 5.81. The maximum absolute atomic E-state index is 12.8. The molecule has 3 heterocycles. The molecule has 1 amide bonds. The van der Waals surface area contributed by atoms with Gasteiger partial charge in [0.15, 0.2) is 6.10 Å². The fourth-order valence-electron chi connectivity index (χ4n) is 3.90. The van der Waals surface area contributed by atoms with E-state index in [1.165, 1.54) is 5.69 Å². The predicted octanol–water partition coefficient (Wildman–Crippen LogP) is 4.14. The van der Waals surface area contributed by atoms with Gasteiger partial charge in [-0.05, 0) is 69.2 Å². The molecule has 1 aliphatic rings. The van der Waals surface area contributed by atoms with E-state index in [1.54, 1.807) is 0 Å². The number of rotatable bonds is 6. The molecular formula is C23H27N3O3. The smallest absolute Gasteiger partial charge is 0.263 e. The van der Waals surface area contributed by atoms with Crippen LogP contribution >= 0.6 is 0 Å². The SMILES string of the molecule is CCOc1ccc(OC(C)C(=O)N2CCC(c3cc4ncccc4[nH]3)CC2)cc1. The van der Waals surface area contributed by atoms with E-state index in [9.17, 15) is 4.79 Å². The van der Waals surface area contributed by atoms with E-state index in [0.29, 0.717) is 18.3 Å². The molecule has 0 aliphatic carbocycles. The number of pyridine rings is 1. The van der Waals surface area contributed by atoms with Crippen LogP contribution in [0, 0.1) is 0 Å². The molecule has 1 unspecified atom stereocenters. The molecular weight excluding hydrogens is 366 g/mol. The van der Waals surface area contributed by atoms with Crippen molar-refractivity contribution >= 4 is 16.9 Å². The minimum Gasteiger partial charge on any atom is -0.494 e. The Balaban J connectivity index is 1.32. The first-order valence-corrected chi connectivity index (χ1v) is 10.3. The zero-order valence-corrected chi connectivity index (χ0v) is 16.9. The summed E-state index contributed by atoms with van der Waals surface area (Å²) in [6, 6.07) is 13.5. The number of amides is 1. The molecule has 29 heavy (non-hydrogen) atoms. The van der Waals surface area contributed by atoms with Crippen molar-refractivity contribution in [2.75, 3.05) is 19.7 Å². The molecule has 3 aromatic rings. The zero-order valence-electron chi connectivity index (χ0n) is 16.9. The van der Waals surface area contributed by atoms with E-state index in [0.717, 1.165) is 42.7 Å². The Kier molecular flexibility index (Phi) is 5.69. The van der Waals surface area contributed by atoms with Crippen LogP contribution in [-0.4, -0.2) is 46.6 Å². The Morgan fingerprint density at radius 2 is 1.93 bits per heavy atom. The van der Waals surface area contributed by atoms with E-state index in [4.69, 9.17) is 9.47 Å². The summed E-state index contributed by atoms with van der Waals surface area (Å²) in [5.41, 5.74) is 3.28. The number of H-pyrrole nitrogens is 1. The van der Waals surface area contributed by atoms with Gasteiger partial charge in [-0.1, -0.05) is 0 Å². The maximum Gasteiger partial charge on any atom is 0.263 e. The number of carbonyl (C=O) groups excluding carboxylic acids is 1. The van der Waals surface area contributed by atoms with E-state index < -0.39 is 6.10 Å². The Bertz CT molecular complexity index is 926. The largest absolute Gasteiger partial charge is 0.494 e. The molecule has 6 nitrogen and oxygen atoms in total. The quantitative estimate of drug-likeness (QED) is 0.684. The van der Waals surface area contributed by atoms with Crippen LogP contribution < -0.4 is 9.47 Å². The van der Waals surface area contributed by atoms with Crippen molar-refractivity contribution in [1.82, 2.24) is 14.9 Å². The summed E-state index contributed by atoms with van der Waals surface area (Å²) >= 11 is 0. The second-order valence-electron chi connectivity index (χ2n) is 7.42. The van der Waals surface area contributed by atoms with Gasteiger partial charge in [-0.2, -0.15) is 0 Å². The maximum atomic E-state index is 12.8. The molecule has 0 radical (unpaired) electrons. The van der Waals surface area contributed by atoms with Gasteiger partial charge in [-0.15, -0.1) is 0 Å². The Labute approximate surface area is 170 Å². The highest BCUT2D eigenvalue weighted by Gasteiger charge is 2.28. The standard InChI is InChI=1S/C23H27N3O3/c1-3-28-18-6-8-19(9-7-18)29-16(2)23(27)26-13-10-17(11-14-26)21-15-22-20(25-21)5-4-12-24-22/h4-9,12,15-17,25H,3,10-11,13-14H2,1-2H3. The van der Waals surface area contributed by atoms with Gasteiger partial charge < -0.3 is 19.4 Å². The molecule has 4 rings (SSSR count). The van der Waals surface area contributed by atoms with Crippen LogP contribution in [0.15, 0.2) is 48.7 Å². The summed E-state index contributed by atoms with van der Waals surface area (Å²) in [7, 11) is 0. The molecule has 1 N–H and O–H groups in total.